The molecule has 2 rings (SSSR count). The van der Waals surface area contributed by atoms with Crippen molar-refractivity contribution >= 4 is 18.3 Å². The fraction of sp³-hybridized carbons (Fsp3) is 0.562. The molecule has 124 valence electrons. The van der Waals surface area contributed by atoms with Gasteiger partial charge in [-0.15, -0.1) is 12.4 Å². The predicted molar refractivity (Wildman–Crippen MR) is 88.9 cm³/mol. The number of rotatable bonds is 9. The molecule has 1 aliphatic carbocycles. The first-order valence-electron chi connectivity index (χ1n) is 7.36. The van der Waals surface area contributed by atoms with Gasteiger partial charge in [0.1, 0.15) is 5.75 Å². The molecule has 22 heavy (non-hydrogen) atoms. The minimum Gasteiger partial charge on any atom is -0.496 e. The number of methoxy groups -OCH3 is 2. The molecule has 1 saturated carbocycles. The van der Waals surface area contributed by atoms with Gasteiger partial charge < -0.3 is 20.1 Å². The van der Waals surface area contributed by atoms with Crippen molar-refractivity contribution in [1.82, 2.24) is 10.6 Å². The molecule has 2 N–H and O–H groups in total. The third-order valence-corrected chi connectivity index (χ3v) is 3.88. The van der Waals surface area contributed by atoms with Crippen LogP contribution in [0.4, 0.5) is 0 Å². The topological polar surface area (TPSA) is 59.6 Å². The predicted octanol–water partition coefficient (Wildman–Crippen LogP) is 1.50. The van der Waals surface area contributed by atoms with Gasteiger partial charge in [0.25, 0.3) is 0 Å². The molecule has 0 radical (unpaired) electrons. The van der Waals surface area contributed by atoms with Crippen molar-refractivity contribution in [2.75, 3.05) is 40.5 Å². The lowest BCUT2D eigenvalue weighted by Gasteiger charge is -2.18. The van der Waals surface area contributed by atoms with Crippen LogP contribution in [0.25, 0.3) is 0 Å². The number of hydrogen-bond donors (Lipinski definition) is 2. The van der Waals surface area contributed by atoms with Crippen molar-refractivity contribution in [1.29, 1.82) is 0 Å². The number of carbonyl (C=O) groups is 1. The number of benzene rings is 1. The second-order valence-electron chi connectivity index (χ2n) is 5.28. The average molecular weight is 329 g/mol. The van der Waals surface area contributed by atoms with Crippen LogP contribution >= 0.6 is 12.4 Å². The SMILES string of the molecule is COCCNCCNC(=O)C1(c2ccccc2OC)CC1.Cl. The number of amides is 1. The molecule has 0 saturated heterocycles. The third kappa shape index (κ3) is 4.35. The Labute approximate surface area is 138 Å². The molecule has 1 aromatic rings. The zero-order valence-electron chi connectivity index (χ0n) is 13.2. The zero-order chi connectivity index (χ0) is 15.1. The minimum atomic E-state index is -0.390. The van der Waals surface area contributed by atoms with E-state index in [1.54, 1.807) is 14.2 Å². The van der Waals surface area contributed by atoms with E-state index in [1.165, 1.54) is 0 Å². The summed E-state index contributed by atoms with van der Waals surface area (Å²) in [7, 11) is 3.32. The molecule has 1 amide bonds. The van der Waals surface area contributed by atoms with Gasteiger partial charge in [0, 0.05) is 32.3 Å². The van der Waals surface area contributed by atoms with Crippen molar-refractivity contribution in [2.24, 2.45) is 0 Å². The van der Waals surface area contributed by atoms with Gasteiger partial charge in [0.15, 0.2) is 0 Å². The third-order valence-electron chi connectivity index (χ3n) is 3.88. The Morgan fingerprint density at radius 2 is 1.91 bits per heavy atom. The van der Waals surface area contributed by atoms with E-state index in [1.807, 2.05) is 24.3 Å². The Bertz CT molecular complexity index is 478. The van der Waals surface area contributed by atoms with Gasteiger partial charge in [-0.05, 0) is 18.9 Å². The van der Waals surface area contributed by atoms with Crippen molar-refractivity contribution in [3.8, 4) is 5.75 Å². The highest BCUT2D eigenvalue weighted by Gasteiger charge is 2.52. The second-order valence-corrected chi connectivity index (χ2v) is 5.28. The Morgan fingerprint density at radius 3 is 2.55 bits per heavy atom. The highest BCUT2D eigenvalue weighted by atomic mass is 35.5. The summed E-state index contributed by atoms with van der Waals surface area (Å²) in [6, 6.07) is 7.78. The normalized spacial score (nSPS) is 14.8. The lowest BCUT2D eigenvalue weighted by molar-refractivity contribution is -0.123. The average Bonchev–Trinajstić information content (AvgIpc) is 3.32. The Balaban J connectivity index is 0.00000242. The van der Waals surface area contributed by atoms with E-state index in [2.05, 4.69) is 10.6 Å². The van der Waals surface area contributed by atoms with Crippen LogP contribution in [0.15, 0.2) is 24.3 Å². The summed E-state index contributed by atoms with van der Waals surface area (Å²) in [5.41, 5.74) is 0.608. The highest BCUT2D eigenvalue weighted by Crippen LogP contribution is 2.51. The van der Waals surface area contributed by atoms with Crippen LogP contribution in [0, 0.1) is 0 Å². The first kappa shape index (κ1) is 18.7. The molecule has 0 aromatic heterocycles. The zero-order valence-corrected chi connectivity index (χ0v) is 14.0. The van der Waals surface area contributed by atoms with Gasteiger partial charge in [-0.1, -0.05) is 18.2 Å². The quantitative estimate of drug-likeness (QED) is 0.674. The van der Waals surface area contributed by atoms with Crippen LogP contribution in [0.3, 0.4) is 0 Å². The van der Waals surface area contributed by atoms with E-state index in [-0.39, 0.29) is 23.7 Å². The van der Waals surface area contributed by atoms with Crippen molar-refractivity contribution in [3.05, 3.63) is 29.8 Å². The van der Waals surface area contributed by atoms with Gasteiger partial charge in [0.05, 0.1) is 19.1 Å². The Morgan fingerprint density at radius 1 is 1.18 bits per heavy atom. The largest absolute Gasteiger partial charge is 0.496 e. The summed E-state index contributed by atoms with van der Waals surface area (Å²) < 4.78 is 10.3. The van der Waals surface area contributed by atoms with E-state index in [9.17, 15) is 4.79 Å². The van der Waals surface area contributed by atoms with Crippen molar-refractivity contribution < 1.29 is 14.3 Å². The van der Waals surface area contributed by atoms with Crippen LogP contribution in [-0.4, -0.2) is 46.4 Å². The number of hydrogen-bond acceptors (Lipinski definition) is 4. The number of nitrogens with one attached hydrogen (secondary N) is 2. The minimum absolute atomic E-state index is 0. The molecule has 0 spiro atoms. The van der Waals surface area contributed by atoms with Gasteiger partial charge >= 0.3 is 0 Å². The van der Waals surface area contributed by atoms with E-state index in [0.29, 0.717) is 13.2 Å². The molecule has 1 aromatic carbocycles. The van der Waals surface area contributed by atoms with E-state index in [4.69, 9.17) is 9.47 Å². The molecule has 1 aliphatic rings. The smallest absolute Gasteiger partial charge is 0.230 e. The molecule has 0 aliphatic heterocycles. The van der Waals surface area contributed by atoms with Crippen LogP contribution in [0.2, 0.25) is 0 Å². The standard InChI is InChI=1S/C16H24N2O3.ClH/c1-20-12-11-17-9-10-18-15(19)16(7-8-16)13-5-3-4-6-14(13)21-2;/h3-6,17H,7-12H2,1-2H3,(H,18,19);1H. The molecular weight excluding hydrogens is 304 g/mol. The van der Waals surface area contributed by atoms with Gasteiger partial charge in [-0.2, -0.15) is 0 Å². The fourth-order valence-electron chi connectivity index (χ4n) is 2.52. The highest BCUT2D eigenvalue weighted by molar-refractivity contribution is 5.92. The van der Waals surface area contributed by atoms with Crippen LogP contribution in [-0.2, 0) is 14.9 Å². The second kappa shape index (κ2) is 8.98. The number of para-hydroxylation sites is 1. The number of ether oxygens (including phenoxy) is 2. The Kier molecular flexibility index (Phi) is 7.65. The molecular formula is C16H25ClN2O3. The molecule has 0 bridgehead atoms. The summed E-state index contributed by atoms with van der Waals surface area (Å²) in [5.74, 6) is 0.893. The first-order chi connectivity index (χ1) is 10.2. The Hall–Kier alpha value is -1.30. The first-order valence-corrected chi connectivity index (χ1v) is 7.36. The summed E-state index contributed by atoms with van der Waals surface area (Å²) in [5, 5.41) is 6.23. The van der Waals surface area contributed by atoms with Crippen LogP contribution in [0.1, 0.15) is 18.4 Å². The van der Waals surface area contributed by atoms with E-state index < -0.39 is 0 Å². The van der Waals surface area contributed by atoms with Gasteiger partial charge in [-0.25, -0.2) is 0 Å². The van der Waals surface area contributed by atoms with Crippen LogP contribution < -0.4 is 15.4 Å². The van der Waals surface area contributed by atoms with Crippen molar-refractivity contribution in [2.45, 2.75) is 18.3 Å². The molecule has 5 nitrogen and oxygen atoms in total. The van der Waals surface area contributed by atoms with E-state index in [0.717, 1.165) is 37.2 Å². The summed E-state index contributed by atoms with van der Waals surface area (Å²) in [6.45, 7) is 2.85. The molecule has 1 fully saturated rings. The van der Waals surface area contributed by atoms with E-state index >= 15 is 0 Å². The molecule has 6 heteroatoms. The molecule has 0 atom stereocenters. The fourth-order valence-corrected chi connectivity index (χ4v) is 2.52. The maximum Gasteiger partial charge on any atom is 0.230 e. The van der Waals surface area contributed by atoms with Gasteiger partial charge in [-0.3, -0.25) is 4.79 Å². The summed E-state index contributed by atoms with van der Waals surface area (Å²) >= 11 is 0. The number of carbonyl (C=O) groups excluding carboxylic acids is 1. The maximum atomic E-state index is 12.5. The lowest BCUT2D eigenvalue weighted by Crippen LogP contribution is -2.39. The molecule has 0 heterocycles. The van der Waals surface area contributed by atoms with Crippen LogP contribution in [0.5, 0.6) is 5.75 Å². The number of halogens is 1. The van der Waals surface area contributed by atoms with Crippen molar-refractivity contribution in [3.63, 3.8) is 0 Å². The monoisotopic (exact) mass is 328 g/mol. The molecule has 0 unspecified atom stereocenters. The summed E-state index contributed by atoms with van der Waals surface area (Å²) in [4.78, 5) is 12.5. The van der Waals surface area contributed by atoms with Gasteiger partial charge in [0.2, 0.25) is 5.91 Å². The maximum absolute atomic E-state index is 12.5. The lowest BCUT2D eigenvalue weighted by atomic mass is 9.94. The summed E-state index contributed by atoms with van der Waals surface area (Å²) in [6.07, 6.45) is 1.77.